The molecule has 74 valence electrons. The number of hydrogen-bond donors (Lipinski definition) is 0. The van der Waals surface area contributed by atoms with E-state index in [0.29, 0.717) is 0 Å². The van der Waals surface area contributed by atoms with Gasteiger partial charge in [-0.15, -0.1) is 0 Å². The van der Waals surface area contributed by atoms with Crippen LogP contribution in [0.5, 0.6) is 5.75 Å². The first-order valence-electron chi connectivity index (χ1n) is 4.14. The van der Waals surface area contributed by atoms with E-state index in [9.17, 15) is 9.18 Å². The maximum Gasteiger partial charge on any atom is 0.338 e. The number of carbonyl (C=O) groups is 1. The molecule has 14 heavy (non-hydrogen) atoms. The molecule has 0 spiro atoms. The van der Waals surface area contributed by atoms with Crippen molar-refractivity contribution in [3.63, 3.8) is 0 Å². The summed E-state index contributed by atoms with van der Waals surface area (Å²) in [7, 11) is 0. The van der Waals surface area contributed by atoms with E-state index in [4.69, 9.17) is 4.74 Å². The minimum atomic E-state index is -0.618. The first kappa shape index (κ1) is 10.4. The summed E-state index contributed by atoms with van der Waals surface area (Å²) < 4.78 is 17.9. The number of benzene rings is 1. The van der Waals surface area contributed by atoms with Crippen LogP contribution in [0.3, 0.4) is 0 Å². The lowest BCUT2D eigenvalue weighted by molar-refractivity contribution is -0.130. The molecule has 0 saturated heterocycles. The Morgan fingerprint density at radius 1 is 1.50 bits per heavy atom. The second kappa shape index (κ2) is 4.05. The predicted octanol–water partition coefficient (Wildman–Crippen LogP) is 2.62. The van der Waals surface area contributed by atoms with Crippen molar-refractivity contribution in [1.29, 1.82) is 0 Å². The van der Waals surface area contributed by atoms with Crippen molar-refractivity contribution < 1.29 is 13.9 Å². The summed E-state index contributed by atoms with van der Waals surface area (Å²) in [5.41, 5.74) is 1.02. The molecule has 0 aliphatic heterocycles. The number of carbonyl (C=O) groups excluding carboxylic acids is 1. The van der Waals surface area contributed by atoms with Crippen molar-refractivity contribution in [2.45, 2.75) is 13.8 Å². The average molecular weight is 194 g/mol. The largest absolute Gasteiger partial charge is 0.420 e. The smallest absolute Gasteiger partial charge is 0.338 e. The van der Waals surface area contributed by atoms with Crippen LogP contribution in [0.15, 0.2) is 30.4 Å². The highest BCUT2D eigenvalue weighted by molar-refractivity contribution is 5.88. The molecule has 0 N–H and O–H groups in total. The summed E-state index contributed by atoms with van der Waals surface area (Å²) in [4.78, 5) is 11.1. The van der Waals surface area contributed by atoms with E-state index >= 15 is 0 Å². The molecule has 0 aromatic heterocycles. The van der Waals surface area contributed by atoms with Gasteiger partial charge >= 0.3 is 5.97 Å². The molecule has 0 aliphatic rings. The Bertz CT molecular complexity index is 383. The maximum absolute atomic E-state index is 13.2. The standard InChI is InChI=1S/C11H11FO2/c1-7(2)11(13)14-10-5-4-8(3)6-9(10)12/h4-6H,1H2,2-3H3. The van der Waals surface area contributed by atoms with Crippen LogP contribution in [0.1, 0.15) is 12.5 Å². The van der Waals surface area contributed by atoms with E-state index in [1.807, 2.05) is 0 Å². The van der Waals surface area contributed by atoms with Gasteiger partial charge in [-0.05, 0) is 31.5 Å². The molecule has 0 heterocycles. The summed E-state index contributed by atoms with van der Waals surface area (Å²) in [5.74, 6) is -1.23. The van der Waals surface area contributed by atoms with Gasteiger partial charge in [0.2, 0.25) is 0 Å². The van der Waals surface area contributed by atoms with Gasteiger partial charge in [-0.25, -0.2) is 9.18 Å². The van der Waals surface area contributed by atoms with Crippen LogP contribution in [0.2, 0.25) is 0 Å². The van der Waals surface area contributed by atoms with Gasteiger partial charge in [-0.1, -0.05) is 12.6 Å². The predicted molar refractivity (Wildman–Crippen MR) is 51.6 cm³/mol. The first-order valence-corrected chi connectivity index (χ1v) is 4.14. The molecule has 0 atom stereocenters. The van der Waals surface area contributed by atoms with Crippen molar-refractivity contribution in [3.05, 3.63) is 41.7 Å². The van der Waals surface area contributed by atoms with E-state index in [0.717, 1.165) is 5.56 Å². The Balaban J connectivity index is 2.87. The van der Waals surface area contributed by atoms with Crippen molar-refractivity contribution in [3.8, 4) is 5.75 Å². The molecule has 2 nitrogen and oxygen atoms in total. The van der Waals surface area contributed by atoms with Crippen LogP contribution in [-0.2, 0) is 4.79 Å². The van der Waals surface area contributed by atoms with E-state index in [1.54, 1.807) is 13.0 Å². The number of hydrogen-bond acceptors (Lipinski definition) is 2. The molecule has 0 amide bonds. The lowest BCUT2D eigenvalue weighted by Gasteiger charge is -2.04. The Labute approximate surface area is 82.0 Å². The summed E-state index contributed by atoms with van der Waals surface area (Å²) in [6, 6.07) is 4.40. The third-order valence-corrected chi connectivity index (χ3v) is 1.64. The second-order valence-electron chi connectivity index (χ2n) is 3.10. The highest BCUT2D eigenvalue weighted by Crippen LogP contribution is 2.18. The molecular formula is C11H11FO2. The van der Waals surface area contributed by atoms with Crippen LogP contribution in [0.4, 0.5) is 4.39 Å². The highest BCUT2D eigenvalue weighted by Gasteiger charge is 2.09. The van der Waals surface area contributed by atoms with Crippen LogP contribution in [0.25, 0.3) is 0 Å². The number of rotatable bonds is 2. The van der Waals surface area contributed by atoms with Gasteiger partial charge in [-0.2, -0.15) is 0 Å². The van der Waals surface area contributed by atoms with Crippen molar-refractivity contribution in [1.82, 2.24) is 0 Å². The monoisotopic (exact) mass is 194 g/mol. The lowest BCUT2D eigenvalue weighted by Crippen LogP contribution is -2.09. The summed E-state index contributed by atoms with van der Waals surface area (Å²) in [6.07, 6.45) is 0. The fourth-order valence-electron chi connectivity index (χ4n) is 0.876. The normalized spacial score (nSPS) is 9.64. The zero-order chi connectivity index (χ0) is 10.7. The molecular weight excluding hydrogens is 183 g/mol. The van der Waals surface area contributed by atoms with Crippen LogP contribution < -0.4 is 4.74 Å². The summed E-state index contributed by atoms with van der Waals surface area (Å²) >= 11 is 0. The fourth-order valence-corrected chi connectivity index (χ4v) is 0.876. The number of esters is 1. The highest BCUT2D eigenvalue weighted by atomic mass is 19.1. The first-order chi connectivity index (χ1) is 6.50. The van der Waals surface area contributed by atoms with E-state index in [-0.39, 0.29) is 11.3 Å². The maximum atomic E-state index is 13.2. The molecule has 0 fully saturated rings. The molecule has 0 aliphatic carbocycles. The number of aryl methyl sites for hydroxylation is 1. The molecule has 1 aromatic carbocycles. The summed E-state index contributed by atoms with van der Waals surface area (Å²) in [6.45, 7) is 6.67. The van der Waals surface area contributed by atoms with E-state index in [1.165, 1.54) is 19.1 Å². The Morgan fingerprint density at radius 2 is 2.14 bits per heavy atom. The van der Waals surface area contributed by atoms with Crippen LogP contribution >= 0.6 is 0 Å². The second-order valence-corrected chi connectivity index (χ2v) is 3.10. The van der Waals surface area contributed by atoms with Crippen molar-refractivity contribution >= 4 is 5.97 Å². The minimum Gasteiger partial charge on any atom is -0.420 e. The van der Waals surface area contributed by atoms with Gasteiger partial charge in [-0.3, -0.25) is 0 Å². The zero-order valence-corrected chi connectivity index (χ0v) is 8.13. The average Bonchev–Trinajstić information content (AvgIpc) is 2.09. The molecule has 0 bridgehead atoms. The van der Waals surface area contributed by atoms with E-state index in [2.05, 4.69) is 6.58 Å². The van der Waals surface area contributed by atoms with Crippen molar-refractivity contribution in [2.24, 2.45) is 0 Å². The van der Waals surface area contributed by atoms with Gasteiger partial charge in [0, 0.05) is 5.57 Å². The van der Waals surface area contributed by atoms with Gasteiger partial charge < -0.3 is 4.74 Å². The Morgan fingerprint density at radius 3 is 2.64 bits per heavy atom. The fraction of sp³-hybridized carbons (Fsp3) is 0.182. The van der Waals surface area contributed by atoms with Crippen LogP contribution in [-0.4, -0.2) is 5.97 Å². The van der Waals surface area contributed by atoms with Crippen molar-refractivity contribution in [2.75, 3.05) is 0 Å². The molecule has 3 heteroatoms. The molecule has 1 aromatic rings. The number of ether oxygens (including phenoxy) is 1. The topological polar surface area (TPSA) is 26.3 Å². The molecule has 0 saturated carbocycles. The molecule has 1 rings (SSSR count). The van der Waals surface area contributed by atoms with Gasteiger partial charge in [0.25, 0.3) is 0 Å². The van der Waals surface area contributed by atoms with Gasteiger partial charge in [0.05, 0.1) is 0 Å². The quantitative estimate of drug-likeness (QED) is 0.411. The third-order valence-electron chi connectivity index (χ3n) is 1.64. The zero-order valence-electron chi connectivity index (χ0n) is 8.13. The third kappa shape index (κ3) is 2.42. The lowest BCUT2D eigenvalue weighted by atomic mass is 10.2. The Kier molecular flexibility index (Phi) is 3.02. The van der Waals surface area contributed by atoms with E-state index < -0.39 is 11.8 Å². The SMILES string of the molecule is C=C(C)C(=O)Oc1ccc(C)cc1F. The molecule has 0 radical (unpaired) electrons. The summed E-state index contributed by atoms with van der Waals surface area (Å²) in [5, 5.41) is 0. The molecule has 0 unspecified atom stereocenters. The number of halogens is 1. The minimum absolute atomic E-state index is 0.0661. The van der Waals surface area contributed by atoms with Gasteiger partial charge in [0.1, 0.15) is 0 Å². The van der Waals surface area contributed by atoms with Gasteiger partial charge in [0.15, 0.2) is 11.6 Å². The van der Waals surface area contributed by atoms with Crippen LogP contribution in [0, 0.1) is 12.7 Å². The Hall–Kier alpha value is -1.64.